The van der Waals surface area contributed by atoms with E-state index in [1.54, 1.807) is 13.0 Å². The van der Waals surface area contributed by atoms with Gasteiger partial charge in [-0.25, -0.2) is 0 Å². The van der Waals surface area contributed by atoms with E-state index in [1.165, 1.54) is 0 Å². The molecular weight excluding hydrogens is 512 g/mol. The van der Waals surface area contributed by atoms with Crippen molar-refractivity contribution >= 4 is 15.0 Å². The summed E-state index contributed by atoms with van der Waals surface area (Å²) in [6.07, 6.45) is 15.4. The van der Waals surface area contributed by atoms with Crippen LogP contribution in [0.3, 0.4) is 0 Å². The van der Waals surface area contributed by atoms with Gasteiger partial charge >= 0.3 is 0 Å². The number of nitrogens with zero attached hydrogens (tertiary/aromatic N) is 2. The number of aliphatic hydroxyl groups is 1. The summed E-state index contributed by atoms with van der Waals surface area (Å²) in [5, 5.41) is 14.8. The summed E-state index contributed by atoms with van der Waals surface area (Å²) < 4.78 is 24.5. The van der Waals surface area contributed by atoms with E-state index in [9.17, 15) is 9.50 Å². The Bertz CT molecular complexity index is 1300. The third kappa shape index (κ3) is 6.43. The first-order valence-corrected chi connectivity index (χ1v) is 14.2. The van der Waals surface area contributed by atoms with Gasteiger partial charge in [-0.1, -0.05) is 45.7 Å². The smallest absolute Gasteiger partial charge is 0.249 e. The van der Waals surface area contributed by atoms with Crippen LogP contribution in [0.15, 0.2) is 100 Å². The van der Waals surface area contributed by atoms with Gasteiger partial charge in [-0.05, 0) is 67.7 Å². The zero-order chi connectivity index (χ0) is 27.4. The fourth-order valence-electron chi connectivity index (χ4n) is 5.64. The number of hydrogen-bond acceptors (Lipinski definition) is 6. The number of nitrogens with one attached hydrogen (secondary N) is 1. The van der Waals surface area contributed by atoms with E-state index in [0.29, 0.717) is 24.3 Å². The summed E-state index contributed by atoms with van der Waals surface area (Å²) in [4.78, 5) is 7.25. The van der Waals surface area contributed by atoms with Gasteiger partial charge in [-0.2, -0.15) is 4.39 Å². The topological polar surface area (TPSA) is 66.3 Å². The van der Waals surface area contributed by atoms with E-state index < -0.39 is 11.7 Å². The number of ether oxygens (including phenoxy) is 2. The molecule has 1 saturated heterocycles. The highest BCUT2D eigenvalue weighted by atomic mass is 31.0. The SMILES string of the molecule is CC1=C(N=C2C=CC(C3=CCC=C(N4CCOCC4)NC=C3)=CC2)[C@](C)(O)C[C@@H]1c1ccccc1OC(F)P. The van der Waals surface area contributed by atoms with Crippen molar-refractivity contribution in [2.24, 2.45) is 4.99 Å². The predicted molar refractivity (Wildman–Crippen MR) is 157 cm³/mol. The van der Waals surface area contributed by atoms with E-state index in [0.717, 1.165) is 66.5 Å². The molecule has 0 bridgehead atoms. The Balaban J connectivity index is 1.31. The number of benzene rings is 1. The van der Waals surface area contributed by atoms with Gasteiger partial charge in [0.2, 0.25) is 6.10 Å². The van der Waals surface area contributed by atoms with Gasteiger partial charge in [0.25, 0.3) is 0 Å². The molecule has 0 spiro atoms. The van der Waals surface area contributed by atoms with Gasteiger partial charge < -0.3 is 24.8 Å². The molecule has 0 radical (unpaired) electrons. The van der Waals surface area contributed by atoms with Gasteiger partial charge in [-0.15, -0.1) is 0 Å². The molecule has 2 heterocycles. The highest BCUT2D eigenvalue weighted by molar-refractivity contribution is 7.16. The first-order chi connectivity index (χ1) is 18.8. The molecule has 1 aromatic carbocycles. The molecule has 1 aromatic rings. The van der Waals surface area contributed by atoms with E-state index in [2.05, 4.69) is 40.6 Å². The van der Waals surface area contributed by atoms with Gasteiger partial charge in [0.1, 0.15) is 17.2 Å². The molecule has 4 aliphatic rings. The number of morpholine rings is 1. The largest absolute Gasteiger partial charge is 0.457 e. The number of allylic oxidation sites excluding steroid dienone is 9. The van der Waals surface area contributed by atoms with Crippen molar-refractivity contribution in [3.05, 3.63) is 101 Å². The van der Waals surface area contributed by atoms with Crippen molar-refractivity contribution in [1.82, 2.24) is 10.2 Å². The summed E-state index contributed by atoms with van der Waals surface area (Å²) in [6, 6.07) is 7.43. The molecule has 4 atom stereocenters. The Labute approximate surface area is 232 Å². The Kier molecular flexibility index (Phi) is 8.51. The van der Waals surface area contributed by atoms with Gasteiger partial charge in [-0.3, -0.25) is 4.99 Å². The normalized spacial score (nSPS) is 27.4. The molecule has 6 nitrogen and oxygen atoms in total. The van der Waals surface area contributed by atoms with Crippen LogP contribution in [0.2, 0.25) is 0 Å². The number of alkyl halides is 1. The summed E-state index contributed by atoms with van der Waals surface area (Å²) >= 11 is 0. The fraction of sp³-hybridized carbons (Fsp3) is 0.387. The number of hydrogen-bond donors (Lipinski definition) is 2. The van der Waals surface area contributed by atoms with Crippen LogP contribution in [0, 0.1) is 0 Å². The molecular formula is C31H37FN3O3P. The van der Waals surface area contributed by atoms with Crippen molar-refractivity contribution in [1.29, 1.82) is 0 Å². The van der Waals surface area contributed by atoms with Crippen LogP contribution in [-0.2, 0) is 4.74 Å². The highest BCUT2D eigenvalue weighted by Crippen LogP contribution is 2.48. The maximum Gasteiger partial charge on any atom is 0.249 e. The minimum absolute atomic E-state index is 0.105. The summed E-state index contributed by atoms with van der Waals surface area (Å²) in [6.45, 7) is 7.13. The van der Waals surface area contributed by atoms with E-state index in [4.69, 9.17) is 14.5 Å². The van der Waals surface area contributed by atoms with E-state index in [1.807, 2.05) is 46.6 Å². The zero-order valence-electron chi connectivity index (χ0n) is 22.6. The van der Waals surface area contributed by atoms with Crippen LogP contribution in [-0.4, -0.2) is 53.7 Å². The lowest BCUT2D eigenvalue weighted by Crippen LogP contribution is -2.39. The molecule has 5 rings (SSSR count). The molecule has 206 valence electrons. The Morgan fingerprint density at radius 3 is 2.67 bits per heavy atom. The molecule has 2 aliphatic heterocycles. The Morgan fingerprint density at radius 2 is 1.92 bits per heavy atom. The predicted octanol–water partition coefficient (Wildman–Crippen LogP) is 5.64. The zero-order valence-corrected chi connectivity index (χ0v) is 23.7. The maximum atomic E-state index is 13.6. The van der Waals surface area contributed by atoms with Gasteiger partial charge in [0.05, 0.1) is 18.9 Å². The standard InChI is InChI=1S/C31H37FN3O3P/c1-21-26(25-7-3-4-8-27(25)38-30(32)39)20-31(2,36)29(21)34-24-12-10-23(11-13-24)22-6-5-9-28(33-15-14-22)35-16-18-37-19-17-35/h3-4,6-12,14-15,26,30,33,36H,5,13,16-20,39H2,1-2H3/t26-,30?,31+/m0/s1. The van der Waals surface area contributed by atoms with Crippen LogP contribution in [0.1, 0.15) is 44.6 Å². The van der Waals surface area contributed by atoms with Crippen molar-refractivity contribution < 1.29 is 19.0 Å². The average molecular weight is 550 g/mol. The third-order valence-corrected chi connectivity index (χ3v) is 7.75. The molecule has 39 heavy (non-hydrogen) atoms. The second-order valence-corrected chi connectivity index (χ2v) is 11.0. The molecule has 2 aliphatic carbocycles. The molecule has 0 saturated carbocycles. The van der Waals surface area contributed by atoms with Crippen molar-refractivity contribution in [3.63, 3.8) is 0 Å². The molecule has 2 unspecified atom stereocenters. The first kappa shape index (κ1) is 27.6. The summed E-state index contributed by atoms with van der Waals surface area (Å²) in [5.74, 6) is 1.51. The van der Waals surface area contributed by atoms with Crippen LogP contribution in [0.5, 0.6) is 5.75 Å². The van der Waals surface area contributed by atoms with Crippen LogP contribution < -0.4 is 10.1 Å². The number of para-hydroxylation sites is 1. The Morgan fingerprint density at radius 1 is 1.15 bits per heavy atom. The van der Waals surface area contributed by atoms with Crippen LogP contribution in [0.4, 0.5) is 4.39 Å². The molecule has 2 N–H and O–H groups in total. The minimum Gasteiger partial charge on any atom is -0.457 e. The van der Waals surface area contributed by atoms with Crippen LogP contribution >= 0.6 is 9.24 Å². The van der Waals surface area contributed by atoms with Gasteiger partial charge in [0, 0.05) is 42.9 Å². The average Bonchev–Trinajstić information content (AvgIpc) is 3.13. The lowest BCUT2D eigenvalue weighted by Gasteiger charge is -2.31. The fourth-order valence-corrected chi connectivity index (χ4v) is 5.79. The number of rotatable bonds is 6. The highest BCUT2D eigenvalue weighted by Gasteiger charge is 2.41. The minimum atomic E-state index is -1.49. The molecule has 8 heteroatoms. The first-order valence-electron chi connectivity index (χ1n) is 13.5. The van der Waals surface area contributed by atoms with Crippen molar-refractivity contribution in [2.45, 2.75) is 50.7 Å². The number of halogens is 1. The summed E-state index contributed by atoms with van der Waals surface area (Å²) in [7, 11) is 2.02. The molecule has 1 fully saturated rings. The quantitative estimate of drug-likeness (QED) is 0.450. The number of aliphatic imine (C=N–C) groups is 1. The lowest BCUT2D eigenvalue weighted by molar-refractivity contribution is 0.0511. The second kappa shape index (κ2) is 12.0. The molecule has 0 aromatic heterocycles. The maximum absolute atomic E-state index is 13.6. The van der Waals surface area contributed by atoms with Gasteiger partial charge in [0.15, 0.2) is 0 Å². The van der Waals surface area contributed by atoms with E-state index >= 15 is 0 Å². The van der Waals surface area contributed by atoms with Crippen LogP contribution in [0.25, 0.3) is 0 Å². The monoisotopic (exact) mass is 549 g/mol. The van der Waals surface area contributed by atoms with Crippen molar-refractivity contribution in [3.8, 4) is 5.75 Å². The second-order valence-electron chi connectivity index (χ2n) is 10.4. The third-order valence-electron chi connectivity index (χ3n) is 7.61. The molecule has 0 amide bonds. The summed E-state index contributed by atoms with van der Waals surface area (Å²) in [5.41, 5.74) is 4.64. The van der Waals surface area contributed by atoms with E-state index in [-0.39, 0.29) is 5.92 Å². The Hall–Kier alpha value is -2.99. The lowest BCUT2D eigenvalue weighted by atomic mass is 9.90. The van der Waals surface area contributed by atoms with Crippen molar-refractivity contribution in [2.75, 3.05) is 26.3 Å².